The lowest BCUT2D eigenvalue weighted by atomic mass is 9.60. The number of fused-ring (bicyclic) bond motifs is 3. The molecule has 2 aromatic carbocycles. The molecule has 3 aliphatic carbocycles. The number of hydrogen-bond donors (Lipinski definition) is 1. The summed E-state index contributed by atoms with van der Waals surface area (Å²) in [5, 5.41) is 0. The fraction of sp³-hybridized carbons (Fsp3) is 0.375. The van der Waals surface area contributed by atoms with Crippen molar-refractivity contribution in [1.82, 2.24) is 0 Å². The molecule has 34 heavy (non-hydrogen) atoms. The van der Waals surface area contributed by atoms with Crippen molar-refractivity contribution in [2.24, 2.45) is 29.4 Å². The zero-order chi connectivity index (χ0) is 23.9. The molecule has 5 rings (SSSR count). The first-order valence-electron chi connectivity index (χ1n) is 12.6. The molecule has 3 aliphatic rings. The Balaban J connectivity index is 1.70. The standard InChI is InChI=1S/C32H37NO/c1-22(2)23-13-15-25(16-14-23)32(26-19-17-24(18-20-26)31(3,4)34-21-33)29-11-7-5-9-27(29)28-10-6-8-12-30(28)32/h5-20,22,27-30H,21,33H2,1-4H3. The third-order valence-corrected chi connectivity index (χ3v) is 8.41. The second-order valence-electron chi connectivity index (χ2n) is 10.8. The first-order valence-corrected chi connectivity index (χ1v) is 12.6. The average molecular weight is 452 g/mol. The van der Waals surface area contributed by atoms with Crippen LogP contribution in [0.25, 0.3) is 0 Å². The van der Waals surface area contributed by atoms with Gasteiger partial charge in [-0.05, 0) is 65.7 Å². The summed E-state index contributed by atoms with van der Waals surface area (Å²) in [6.45, 7) is 8.91. The molecule has 4 unspecified atom stereocenters. The molecule has 0 aliphatic heterocycles. The lowest BCUT2D eigenvalue weighted by molar-refractivity contribution is -0.0180. The minimum absolute atomic E-state index is 0.134. The van der Waals surface area contributed by atoms with E-state index >= 15 is 0 Å². The molecular weight excluding hydrogens is 414 g/mol. The predicted octanol–water partition coefficient (Wildman–Crippen LogP) is 6.99. The topological polar surface area (TPSA) is 35.2 Å². The summed E-state index contributed by atoms with van der Waals surface area (Å²) < 4.78 is 5.83. The molecule has 0 heterocycles. The van der Waals surface area contributed by atoms with Crippen LogP contribution in [0.1, 0.15) is 55.9 Å². The normalized spacial score (nSPS) is 29.5. The monoisotopic (exact) mass is 451 g/mol. The first kappa shape index (κ1) is 23.1. The largest absolute Gasteiger partial charge is 0.356 e. The Morgan fingerprint density at radius 2 is 1.24 bits per heavy atom. The van der Waals surface area contributed by atoms with Gasteiger partial charge in [0.15, 0.2) is 0 Å². The summed E-state index contributed by atoms with van der Waals surface area (Å²) in [6.07, 6.45) is 18.7. The summed E-state index contributed by atoms with van der Waals surface area (Å²) >= 11 is 0. The zero-order valence-corrected chi connectivity index (χ0v) is 20.8. The van der Waals surface area contributed by atoms with E-state index in [1.807, 2.05) is 0 Å². The molecule has 4 atom stereocenters. The number of ether oxygens (including phenoxy) is 1. The highest BCUT2D eigenvalue weighted by Crippen LogP contribution is 2.62. The van der Waals surface area contributed by atoms with E-state index in [1.165, 1.54) is 16.7 Å². The van der Waals surface area contributed by atoms with Crippen molar-refractivity contribution in [2.75, 3.05) is 6.73 Å². The molecule has 1 fully saturated rings. The predicted molar refractivity (Wildman–Crippen MR) is 141 cm³/mol. The van der Waals surface area contributed by atoms with Crippen LogP contribution in [-0.4, -0.2) is 6.73 Å². The molecule has 2 heteroatoms. The molecule has 0 radical (unpaired) electrons. The Hall–Kier alpha value is -2.68. The Bertz CT molecular complexity index is 1100. The third kappa shape index (κ3) is 3.56. The van der Waals surface area contributed by atoms with E-state index in [4.69, 9.17) is 10.5 Å². The van der Waals surface area contributed by atoms with Gasteiger partial charge in [0.1, 0.15) is 0 Å². The molecule has 0 spiro atoms. The summed E-state index contributed by atoms with van der Waals surface area (Å²) in [7, 11) is 0. The third-order valence-electron chi connectivity index (χ3n) is 8.41. The molecular formula is C32H37NO. The van der Waals surface area contributed by atoms with Gasteiger partial charge in [0.05, 0.1) is 12.3 Å². The first-order chi connectivity index (χ1) is 16.4. The number of rotatable bonds is 6. The van der Waals surface area contributed by atoms with Crippen molar-refractivity contribution in [2.45, 2.75) is 44.6 Å². The van der Waals surface area contributed by atoms with Crippen LogP contribution in [0.5, 0.6) is 0 Å². The van der Waals surface area contributed by atoms with Crippen LogP contribution in [-0.2, 0) is 15.8 Å². The summed E-state index contributed by atoms with van der Waals surface area (Å²) in [5.74, 6) is 2.27. The molecule has 2 aromatic rings. The minimum Gasteiger partial charge on any atom is -0.356 e. The van der Waals surface area contributed by atoms with Gasteiger partial charge in [0.25, 0.3) is 0 Å². The summed E-state index contributed by atoms with van der Waals surface area (Å²) in [4.78, 5) is 0. The van der Waals surface area contributed by atoms with Gasteiger partial charge in [-0.1, -0.05) is 111 Å². The van der Waals surface area contributed by atoms with Gasteiger partial charge in [-0.2, -0.15) is 0 Å². The molecule has 1 saturated carbocycles. The molecule has 0 amide bonds. The molecule has 0 bridgehead atoms. The molecule has 2 N–H and O–H groups in total. The van der Waals surface area contributed by atoms with Gasteiger partial charge in [0, 0.05) is 5.41 Å². The lowest BCUT2D eigenvalue weighted by Gasteiger charge is -2.42. The second kappa shape index (κ2) is 8.83. The van der Waals surface area contributed by atoms with E-state index in [0.717, 1.165) is 5.56 Å². The highest BCUT2D eigenvalue weighted by molar-refractivity contribution is 5.51. The number of nitrogens with two attached hydrogens (primary N) is 1. The van der Waals surface area contributed by atoms with Crippen molar-refractivity contribution in [1.29, 1.82) is 0 Å². The van der Waals surface area contributed by atoms with Crippen molar-refractivity contribution < 1.29 is 4.74 Å². The van der Waals surface area contributed by atoms with Crippen LogP contribution >= 0.6 is 0 Å². The SMILES string of the molecule is CC(C)c1ccc(C2(c3ccc(C(C)(C)OCN)cc3)C3C=CC=CC3C3C=CC=CC32)cc1. The second-order valence-corrected chi connectivity index (χ2v) is 10.8. The summed E-state index contributed by atoms with van der Waals surface area (Å²) in [5.41, 5.74) is 10.5. The fourth-order valence-electron chi connectivity index (χ4n) is 6.64. The van der Waals surface area contributed by atoms with Gasteiger partial charge in [-0.25, -0.2) is 0 Å². The van der Waals surface area contributed by atoms with E-state index in [2.05, 4.69) is 125 Å². The quantitative estimate of drug-likeness (QED) is 0.480. The van der Waals surface area contributed by atoms with Crippen LogP contribution in [0.3, 0.4) is 0 Å². The lowest BCUT2D eigenvalue weighted by Crippen LogP contribution is -2.39. The maximum absolute atomic E-state index is 5.83. The van der Waals surface area contributed by atoms with Crippen molar-refractivity contribution in [3.63, 3.8) is 0 Å². The highest BCUT2D eigenvalue weighted by atomic mass is 16.5. The summed E-state index contributed by atoms with van der Waals surface area (Å²) in [6, 6.07) is 18.6. The number of hydrogen-bond acceptors (Lipinski definition) is 2. The molecule has 2 nitrogen and oxygen atoms in total. The maximum Gasteiger partial charge on any atom is 0.0952 e. The van der Waals surface area contributed by atoms with Crippen LogP contribution in [0.2, 0.25) is 0 Å². The van der Waals surface area contributed by atoms with Crippen molar-refractivity contribution >= 4 is 0 Å². The van der Waals surface area contributed by atoms with E-state index in [1.54, 1.807) is 0 Å². The van der Waals surface area contributed by atoms with Gasteiger partial charge >= 0.3 is 0 Å². The number of benzene rings is 2. The van der Waals surface area contributed by atoms with Crippen LogP contribution in [0.15, 0.2) is 97.1 Å². The van der Waals surface area contributed by atoms with Gasteiger partial charge in [0.2, 0.25) is 0 Å². The van der Waals surface area contributed by atoms with Crippen molar-refractivity contribution in [3.05, 3.63) is 119 Å². The molecule has 176 valence electrons. The van der Waals surface area contributed by atoms with Gasteiger partial charge < -0.3 is 10.5 Å². The van der Waals surface area contributed by atoms with E-state index in [0.29, 0.717) is 29.6 Å². The Labute approximate surface area is 204 Å². The van der Waals surface area contributed by atoms with Crippen LogP contribution in [0, 0.1) is 23.7 Å². The average Bonchev–Trinajstić information content (AvgIpc) is 3.15. The maximum atomic E-state index is 5.83. The molecule has 0 saturated heterocycles. The highest BCUT2D eigenvalue weighted by Gasteiger charge is 2.59. The zero-order valence-electron chi connectivity index (χ0n) is 20.8. The van der Waals surface area contributed by atoms with Gasteiger partial charge in [-0.15, -0.1) is 0 Å². The number of allylic oxidation sites excluding steroid dienone is 8. The Morgan fingerprint density at radius 3 is 1.71 bits per heavy atom. The van der Waals surface area contributed by atoms with Crippen LogP contribution in [0.4, 0.5) is 0 Å². The van der Waals surface area contributed by atoms with Crippen LogP contribution < -0.4 is 5.73 Å². The van der Waals surface area contributed by atoms with E-state index in [9.17, 15) is 0 Å². The fourth-order valence-corrected chi connectivity index (χ4v) is 6.64. The van der Waals surface area contributed by atoms with E-state index < -0.39 is 5.60 Å². The van der Waals surface area contributed by atoms with E-state index in [-0.39, 0.29) is 12.1 Å². The van der Waals surface area contributed by atoms with Gasteiger partial charge in [-0.3, -0.25) is 0 Å². The smallest absolute Gasteiger partial charge is 0.0952 e. The van der Waals surface area contributed by atoms with Crippen molar-refractivity contribution in [3.8, 4) is 0 Å². The Kier molecular flexibility index (Phi) is 6.00. The minimum atomic E-state index is -0.416. The Morgan fingerprint density at radius 1 is 0.765 bits per heavy atom. The molecule has 0 aromatic heterocycles.